The summed E-state index contributed by atoms with van der Waals surface area (Å²) in [6.07, 6.45) is 2.41. The van der Waals surface area contributed by atoms with E-state index in [2.05, 4.69) is 5.32 Å². The smallest absolute Gasteiger partial charge is 0.407 e. The quantitative estimate of drug-likeness (QED) is 0.758. The molecule has 2 saturated heterocycles. The summed E-state index contributed by atoms with van der Waals surface area (Å²) in [5.74, 6) is 0. The van der Waals surface area contributed by atoms with Crippen molar-refractivity contribution in [1.29, 1.82) is 0 Å². The van der Waals surface area contributed by atoms with E-state index in [-0.39, 0.29) is 23.0 Å². The van der Waals surface area contributed by atoms with E-state index in [1.54, 1.807) is 24.3 Å². The number of nitrogens with zero attached hydrogens (tertiary/aromatic N) is 1. The zero-order chi connectivity index (χ0) is 18.8. The summed E-state index contributed by atoms with van der Waals surface area (Å²) in [6.45, 7) is 4.05. The Morgan fingerprint density at radius 3 is 2.58 bits per heavy atom. The number of carbonyl (C=O) groups is 1. The molecular weight excluding hydrogens is 356 g/mol. The van der Waals surface area contributed by atoms with Crippen molar-refractivity contribution in [3.05, 3.63) is 29.8 Å². The molecule has 2 heterocycles. The molecule has 8 heteroatoms. The van der Waals surface area contributed by atoms with Gasteiger partial charge in [-0.05, 0) is 50.2 Å². The molecule has 0 radical (unpaired) electrons. The van der Waals surface area contributed by atoms with E-state index in [9.17, 15) is 13.2 Å². The SMILES string of the molecule is Cc1ccc(S(=O)(=O)OCC[C@H]2CC3(CCN(C(=O)O)CC3)CN2)cc1. The third-order valence-electron chi connectivity index (χ3n) is 5.55. The molecule has 0 aliphatic carbocycles. The Hall–Kier alpha value is -1.64. The van der Waals surface area contributed by atoms with Crippen LogP contribution in [0.5, 0.6) is 0 Å². The molecule has 2 aliphatic heterocycles. The lowest BCUT2D eigenvalue weighted by molar-refractivity contribution is 0.0964. The fraction of sp³-hybridized carbons (Fsp3) is 0.611. The van der Waals surface area contributed by atoms with Crippen LogP contribution in [-0.4, -0.2) is 56.8 Å². The predicted molar refractivity (Wildman–Crippen MR) is 96.6 cm³/mol. The van der Waals surface area contributed by atoms with Crippen molar-refractivity contribution < 1.29 is 22.5 Å². The van der Waals surface area contributed by atoms with E-state index in [0.29, 0.717) is 19.5 Å². The minimum Gasteiger partial charge on any atom is -0.465 e. The van der Waals surface area contributed by atoms with Gasteiger partial charge in [0.05, 0.1) is 11.5 Å². The first-order valence-corrected chi connectivity index (χ1v) is 10.4. The second-order valence-electron chi connectivity index (χ2n) is 7.43. The summed E-state index contributed by atoms with van der Waals surface area (Å²) in [7, 11) is -3.72. The third kappa shape index (κ3) is 4.36. The first-order valence-electron chi connectivity index (χ1n) is 8.97. The molecule has 2 N–H and O–H groups in total. The number of likely N-dealkylation sites (tertiary alicyclic amines) is 1. The van der Waals surface area contributed by atoms with Gasteiger partial charge in [0.25, 0.3) is 10.1 Å². The van der Waals surface area contributed by atoms with Gasteiger partial charge in [0.1, 0.15) is 0 Å². The molecular formula is C18H26N2O5S. The van der Waals surface area contributed by atoms with E-state index in [4.69, 9.17) is 9.29 Å². The van der Waals surface area contributed by atoms with Crippen molar-refractivity contribution >= 4 is 16.2 Å². The van der Waals surface area contributed by atoms with Crippen LogP contribution < -0.4 is 5.32 Å². The number of amides is 1. The lowest BCUT2D eigenvalue weighted by atomic mass is 9.76. The number of rotatable bonds is 5. The maximum absolute atomic E-state index is 12.2. The second kappa shape index (κ2) is 7.54. The maximum atomic E-state index is 12.2. The lowest BCUT2D eigenvalue weighted by Gasteiger charge is -2.37. The first-order chi connectivity index (χ1) is 12.3. The Balaban J connectivity index is 1.46. The maximum Gasteiger partial charge on any atom is 0.407 e. The minimum atomic E-state index is -3.72. The number of piperidine rings is 1. The first kappa shape index (κ1) is 19.1. The highest BCUT2D eigenvalue weighted by molar-refractivity contribution is 7.86. The molecule has 0 unspecified atom stereocenters. The number of aryl methyl sites for hydroxylation is 1. The molecule has 0 saturated carbocycles. The number of benzene rings is 1. The van der Waals surface area contributed by atoms with Gasteiger partial charge in [0.15, 0.2) is 0 Å². The van der Waals surface area contributed by atoms with Crippen molar-refractivity contribution in [1.82, 2.24) is 10.2 Å². The second-order valence-corrected chi connectivity index (χ2v) is 9.04. The number of carboxylic acid groups (broad SMARTS) is 1. The zero-order valence-electron chi connectivity index (χ0n) is 15.0. The van der Waals surface area contributed by atoms with E-state index in [1.165, 1.54) is 4.90 Å². The topological polar surface area (TPSA) is 95.9 Å². The predicted octanol–water partition coefficient (Wildman–Crippen LogP) is 2.21. The van der Waals surface area contributed by atoms with E-state index < -0.39 is 16.2 Å². The van der Waals surface area contributed by atoms with Gasteiger partial charge in [-0.25, -0.2) is 4.79 Å². The van der Waals surface area contributed by atoms with Crippen LogP contribution in [0.2, 0.25) is 0 Å². The lowest BCUT2D eigenvalue weighted by Crippen LogP contribution is -2.43. The van der Waals surface area contributed by atoms with Crippen LogP contribution in [-0.2, 0) is 14.3 Å². The van der Waals surface area contributed by atoms with E-state index in [1.807, 2.05) is 6.92 Å². The molecule has 144 valence electrons. The fourth-order valence-corrected chi connectivity index (χ4v) is 4.78. The summed E-state index contributed by atoms with van der Waals surface area (Å²) >= 11 is 0. The highest BCUT2D eigenvalue weighted by Gasteiger charge is 2.41. The number of nitrogens with one attached hydrogen (secondary N) is 1. The molecule has 0 bridgehead atoms. The van der Waals surface area contributed by atoms with Crippen LogP contribution in [0.25, 0.3) is 0 Å². The molecule has 1 atom stereocenters. The largest absolute Gasteiger partial charge is 0.465 e. The Morgan fingerprint density at radius 2 is 1.96 bits per heavy atom. The van der Waals surface area contributed by atoms with E-state index in [0.717, 1.165) is 31.4 Å². The standard InChI is InChI=1S/C18H26N2O5S/c1-14-2-4-16(5-3-14)26(23,24)25-11-6-15-12-18(13-19-15)7-9-20(10-8-18)17(21)22/h2-5,15,19H,6-13H2,1H3,(H,21,22)/t15-/m0/s1. The molecule has 1 aromatic rings. The molecule has 1 aromatic carbocycles. The summed E-state index contributed by atoms with van der Waals surface area (Å²) in [5.41, 5.74) is 1.13. The Bertz CT molecular complexity index is 739. The number of hydrogen-bond donors (Lipinski definition) is 2. The average Bonchev–Trinajstić information content (AvgIpc) is 2.98. The Morgan fingerprint density at radius 1 is 1.31 bits per heavy atom. The van der Waals surface area contributed by atoms with Gasteiger partial charge in [-0.2, -0.15) is 8.42 Å². The summed E-state index contributed by atoms with van der Waals surface area (Å²) in [6, 6.07) is 6.83. The molecule has 2 aliphatic rings. The van der Waals surface area contributed by atoms with Crippen molar-refractivity contribution in [3.8, 4) is 0 Å². The van der Waals surface area contributed by atoms with Crippen LogP contribution in [0.15, 0.2) is 29.2 Å². The third-order valence-corrected chi connectivity index (χ3v) is 6.88. The van der Waals surface area contributed by atoms with Gasteiger partial charge in [-0.3, -0.25) is 4.18 Å². The van der Waals surface area contributed by atoms with Gasteiger partial charge in [-0.15, -0.1) is 0 Å². The van der Waals surface area contributed by atoms with Crippen LogP contribution in [0.3, 0.4) is 0 Å². The van der Waals surface area contributed by atoms with Gasteiger partial charge in [0.2, 0.25) is 0 Å². The Kier molecular flexibility index (Phi) is 5.55. The molecule has 0 aromatic heterocycles. The normalized spacial score (nSPS) is 22.7. The van der Waals surface area contributed by atoms with Crippen molar-refractivity contribution in [2.45, 2.75) is 43.5 Å². The molecule has 1 amide bonds. The molecule has 7 nitrogen and oxygen atoms in total. The molecule has 2 fully saturated rings. The van der Waals surface area contributed by atoms with Crippen molar-refractivity contribution in [2.24, 2.45) is 5.41 Å². The van der Waals surface area contributed by atoms with Gasteiger partial charge < -0.3 is 15.3 Å². The monoisotopic (exact) mass is 382 g/mol. The van der Waals surface area contributed by atoms with Crippen molar-refractivity contribution in [3.63, 3.8) is 0 Å². The fourth-order valence-electron chi connectivity index (χ4n) is 3.86. The molecule has 26 heavy (non-hydrogen) atoms. The van der Waals surface area contributed by atoms with Gasteiger partial charge in [-0.1, -0.05) is 17.7 Å². The average molecular weight is 382 g/mol. The van der Waals surface area contributed by atoms with Crippen LogP contribution >= 0.6 is 0 Å². The molecule has 3 rings (SSSR count). The van der Waals surface area contributed by atoms with Crippen LogP contribution in [0.4, 0.5) is 4.79 Å². The zero-order valence-corrected chi connectivity index (χ0v) is 15.8. The Labute approximate surface area is 154 Å². The summed E-state index contributed by atoms with van der Waals surface area (Å²) in [5, 5.41) is 12.5. The van der Waals surface area contributed by atoms with Gasteiger partial charge >= 0.3 is 6.09 Å². The summed E-state index contributed by atoms with van der Waals surface area (Å²) < 4.78 is 29.6. The van der Waals surface area contributed by atoms with Crippen LogP contribution in [0.1, 0.15) is 31.2 Å². The highest BCUT2D eigenvalue weighted by Crippen LogP contribution is 2.40. The van der Waals surface area contributed by atoms with Crippen molar-refractivity contribution in [2.75, 3.05) is 26.2 Å². The van der Waals surface area contributed by atoms with E-state index >= 15 is 0 Å². The molecule has 1 spiro atoms. The van der Waals surface area contributed by atoms with Gasteiger partial charge in [0, 0.05) is 25.7 Å². The highest BCUT2D eigenvalue weighted by atomic mass is 32.2. The minimum absolute atomic E-state index is 0.131. The number of hydrogen-bond acceptors (Lipinski definition) is 5. The van der Waals surface area contributed by atoms with Crippen LogP contribution in [0, 0.1) is 12.3 Å². The summed E-state index contributed by atoms with van der Waals surface area (Å²) in [4.78, 5) is 12.7.